The van der Waals surface area contributed by atoms with Crippen molar-refractivity contribution in [3.05, 3.63) is 29.1 Å². The lowest BCUT2D eigenvalue weighted by atomic mass is 9.72. The molecule has 6 nitrogen and oxygen atoms in total. The Morgan fingerprint density at radius 2 is 1.78 bits per heavy atom. The third-order valence-electron chi connectivity index (χ3n) is 6.95. The van der Waals surface area contributed by atoms with E-state index < -0.39 is 40.7 Å². The lowest BCUT2D eigenvalue weighted by molar-refractivity contribution is 0.0639. The first kappa shape index (κ1) is 23.4. The summed E-state index contributed by atoms with van der Waals surface area (Å²) in [6.45, 7) is -0.340. The zero-order valence-corrected chi connectivity index (χ0v) is 18.7. The van der Waals surface area contributed by atoms with Gasteiger partial charge in [-0.1, -0.05) is 0 Å². The first-order valence-electron chi connectivity index (χ1n) is 11.2. The van der Waals surface area contributed by atoms with Crippen molar-refractivity contribution in [2.24, 2.45) is 11.3 Å². The first-order chi connectivity index (χ1) is 15.3. The smallest absolute Gasteiger partial charge is 0.304 e. The van der Waals surface area contributed by atoms with Crippen molar-refractivity contribution in [1.82, 2.24) is 9.03 Å². The Hall–Kier alpha value is -1.81. The van der Waals surface area contributed by atoms with E-state index in [1.807, 2.05) is 4.72 Å². The number of benzene rings is 1. The van der Waals surface area contributed by atoms with Gasteiger partial charge in [-0.3, -0.25) is 13.6 Å². The minimum absolute atomic E-state index is 0.126. The monoisotopic (exact) mass is 474 g/mol. The standard InChI is InChI=1S/C22H29F3N2O4S/c23-13-22(14-24)6-4-15(5-7-22)12-31-20-11-19(25)18(10-17(20)16-2-3-16)21(28)26-32(29,30)27-8-1-9-27/h10-11,15-16H,1-9,12-14H2,(H,26,28). The molecule has 2 saturated carbocycles. The summed E-state index contributed by atoms with van der Waals surface area (Å²) in [4.78, 5) is 12.5. The third kappa shape index (κ3) is 4.90. The maximum absolute atomic E-state index is 14.8. The molecular weight excluding hydrogens is 445 g/mol. The molecule has 0 bridgehead atoms. The molecule has 1 saturated heterocycles. The molecule has 178 valence electrons. The van der Waals surface area contributed by atoms with Gasteiger partial charge in [-0.25, -0.2) is 9.11 Å². The van der Waals surface area contributed by atoms with Crippen LogP contribution in [0.25, 0.3) is 0 Å². The van der Waals surface area contributed by atoms with E-state index in [1.165, 1.54) is 6.07 Å². The van der Waals surface area contributed by atoms with E-state index in [0.717, 1.165) is 29.6 Å². The third-order valence-corrected chi connectivity index (χ3v) is 8.43. The fourth-order valence-corrected chi connectivity index (χ4v) is 5.53. The summed E-state index contributed by atoms with van der Waals surface area (Å²) in [6.07, 6.45) is 4.70. The first-order valence-corrected chi connectivity index (χ1v) is 12.6. The molecule has 1 aromatic rings. The van der Waals surface area contributed by atoms with Crippen molar-refractivity contribution in [2.75, 3.05) is 33.0 Å². The van der Waals surface area contributed by atoms with E-state index >= 15 is 0 Å². The normalized spacial score (nSPS) is 21.7. The summed E-state index contributed by atoms with van der Waals surface area (Å²) in [5, 5.41) is 0. The molecule has 1 N–H and O–H groups in total. The van der Waals surface area contributed by atoms with Gasteiger partial charge < -0.3 is 4.74 Å². The van der Waals surface area contributed by atoms with E-state index in [0.29, 0.717) is 56.7 Å². The van der Waals surface area contributed by atoms with Crippen LogP contribution in [0.2, 0.25) is 0 Å². The number of nitrogens with one attached hydrogen (secondary N) is 1. The Morgan fingerprint density at radius 3 is 2.31 bits per heavy atom. The van der Waals surface area contributed by atoms with Gasteiger partial charge in [0.05, 0.1) is 25.5 Å². The molecule has 0 radical (unpaired) electrons. The molecule has 1 aromatic carbocycles. The number of hydrogen-bond donors (Lipinski definition) is 1. The SMILES string of the molecule is O=C(NS(=O)(=O)N1CCC1)c1cc(C2CC2)c(OCC2CCC(CF)(CF)CC2)cc1F. The van der Waals surface area contributed by atoms with Crippen molar-refractivity contribution in [3.63, 3.8) is 0 Å². The Kier molecular flexibility index (Phi) is 6.72. The van der Waals surface area contributed by atoms with Gasteiger partial charge in [-0.15, -0.1) is 0 Å². The molecule has 2 aliphatic carbocycles. The highest BCUT2D eigenvalue weighted by Gasteiger charge is 2.37. The van der Waals surface area contributed by atoms with Crippen molar-refractivity contribution in [2.45, 2.75) is 50.9 Å². The number of ether oxygens (including phenoxy) is 1. The lowest BCUT2D eigenvalue weighted by Crippen LogP contribution is -2.49. The summed E-state index contributed by atoms with van der Waals surface area (Å²) in [6, 6.07) is 2.54. The van der Waals surface area contributed by atoms with Gasteiger partial charge in [0.25, 0.3) is 5.91 Å². The van der Waals surface area contributed by atoms with Crippen LogP contribution in [0.4, 0.5) is 13.2 Å². The van der Waals surface area contributed by atoms with E-state index in [-0.39, 0.29) is 17.4 Å². The summed E-state index contributed by atoms with van der Waals surface area (Å²) in [7, 11) is -3.97. The zero-order valence-electron chi connectivity index (χ0n) is 17.9. The molecule has 3 aliphatic rings. The number of alkyl halides is 2. The van der Waals surface area contributed by atoms with Crippen LogP contribution in [0.3, 0.4) is 0 Å². The number of halogens is 3. The molecule has 10 heteroatoms. The van der Waals surface area contributed by atoms with Gasteiger partial charge in [0.1, 0.15) is 11.6 Å². The molecular formula is C22H29F3N2O4S. The van der Waals surface area contributed by atoms with Gasteiger partial charge in [0.15, 0.2) is 0 Å². The highest BCUT2D eigenvalue weighted by molar-refractivity contribution is 7.87. The number of carbonyl (C=O) groups excluding carboxylic acids is 1. The summed E-state index contributed by atoms with van der Waals surface area (Å²) in [5.41, 5.74) is -0.500. The van der Waals surface area contributed by atoms with Crippen LogP contribution in [0.5, 0.6) is 5.75 Å². The average Bonchev–Trinajstić information content (AvgIpc) is 3.55. The predicted molar refractivity (Wildman–Crippen MR) is 113 cm³/mol. The second-order valence-corrected chi connectivity index (χ2v) is 11.0. The summed E-state index contributed by atoms with van der Waals surface area (Å²) < 4.78 is 74.5. The minimum atomic E-state index is -3.97. The fraction of sp³-hybridized carbons (Fsp3) is 0.682. The molecule has 32 heavy (non-hydrogen) atoms. The highest BCUT2D eigenvalue weighted by atomic mass is 32.2. The van der Waals surface area contributed by atoms with Crippen LogP contribution in [0.15, 0.2) is 12.1 Å². The topological polar surface area (TPSA) is 75.7 Å². The van der Waals surface area contributed by atoms with Crippen LogP contribution >= 0.6 is 0 Å². The van der Waals surface area contributed by atoms with Gasteiger partial charge in [-0.2, -0.15) is 12.7 Å². The van der Waals surface area contributed by atoms with E-state index in [2.05, 4.69) is 0 Å². The molecule has 0 unspecified atom stereocenters. The van der Waals surface area contributed by atoms with Crippen molar-refractivity contribution < 1.29 is 31.1 Å². The van der Waals surface area contributed by atoms with Crippen LogP contribution in [-0.4, -0.2) is 51.7 Å². The number of nitrogens with zero attached hydrogens (tertiary/aromatic N) is 1. The lowest BCUT2D eigenvalue weighted by Gasteiger charge is -2.36. The molecule has 0 aromatic heterocycles. The molecule has 1 amide bonds. The summed E-state index contributed by atoms with van der Waals surface area (Å²) >= 11 is 0. The van der Waals surface area contributed by atoms with Crippen LogP contribution in [-0.2, 0) is 10.2 Å². The molecule has 3 fully saturated rings. The Labute approximate surface area is 186 Å². The maximum atomic E-state index is 14.8. The molecule has 1 aliphatic heterocycles. The van der Waals surface area contributed by atoms with Gasteiger partial charge in [-0.05, 0) is 68.4 Å². The Bertz CT molecular complexity index is 950. The maximum Gasteiger partial charge on any atom is 0.304 e. The van der Waals surface area contributed by atoms with Gasteiger partial charge in [0, 0.05) is 24.6 Å². The van der Waals surface area contributed by atoms with Crippen molar-refractivity contribution in [1.29, 1.82) is 0 Å². The van der Waals surface area contributed by atoms with Crippen LogP contribution in [0.1, 0.15) is 66.8 Å². The van der Waals surface area contributed by atoms with Gasteiger partial charge >= 0.3 is 10.2 Å². The summed E-state index contributed by atoms with van der Waals surface area (Å²) in [5.74, 6) is -1.23. The number of hydrogen-bond acceptors (Lipinski definition) is 4. The molecule has 0 spiro atoms. The minimum Gasteiger partial charge on any atom is -0.493 e. The second kappa shape index (κ2) is 9.21. The average molecular weight is 475 g/mol. The van der Waals surface area contributed by atoms with E-state index in [1.54, 1.807) is 0 Å². The molecule has 1 heterocycles. The van der Waals surface area contributed by atoms with Gasteiger partial charge in [0.2, 0.25) is 0 Å². The highest BCUT2D eigenvalue weighted by Crippen LogP contribution is 2.46. The Balaban J connectivity index is 1.44. The Morgan fingerprint density at radius 1 is 1.12 bits per heavy atom. The zero-order chi connectivity index (χ0) is 22.9. The van der Waals surface area contributed by atoms with Crippen molar-refractivity contribution in [3.8, 4) is 5.75 Å². The second-order valence-electron chi connectivity index (χ2n) is 9.35. The number of carbonyl (C=O) groups is 1. The number of rotatable bonds is 9. The molecule has 0 atom stereocenters. The van der Waals surface area contributed by atoms with Crippen LogP contribution in [0, 0.1) is 17.2 Å². The number of amides is 1. The largest absolute Gasteiger partial charge is 0.493 e. The predicted octanol–water partition coefficient (Wildman–Crippen LogP) is 3.88. The molecule has 4 rings (SSSR count). The van der Waals surface area contributed by atoms with Crippen LogP contribution < -0.4 is 9.46 Å². The fourth-order valence-electron chi connectivity index (χ4n) is 4.32. The quantitative estimate of drug-likeness (QED) is 0.590. The van der Waals surface area contributed by atoms with Crippen molar-refractivity contribution >= 4 is 16.1 Å². The van der Waals surface area contributed by atoms with E-state index in [9.17, 15) is 26.4 Å². The van der Waals surface area contributed by atoms with E-state index in [4.69, 9.17) is 4.74 Å².